The number of benzene rings is 2. The average molecular weight is 432 g/mol. The number of aryl methyl sites for hydroxylation is 2. The van der Waals surface area contributed by atoms with Crippen molar-refractivity contribution in [2.45, 2.75) is 33.1 Å². The first kappa shape index (κ1) is 20.2. The summed E-state index contributed by atoms with van der Waals surface area (Å²) in [6, 6.07) is 11.5. The number of aromatic nitrogens is 2. The lowest BCUT2D eigenvalue weighted by molar-refractivity contribution is -0.121. The number of nitrogens with zero attached hydrogens (tertiary/aromatic N) is 4. The van der Waals surface area contributed by atoms with Crippen LogP contribution in [0.1, 0.15) is 36.3 Å². The second-order valence-corrected chi connectivity index (χ2v) is 8.24. The smallest absolute Gasteiger partial charge is 0.265 e. The minimum atomic E-state index is -0.167. The van der Waals surface area contributed by atoms with Gasteiger partial charge in [-0.15, -0.1) is 0 Å². The molecule has 3 heterocycles. The predicted molar refractivity (Wildman–Crippen MR) is 119 cm³/mol. The van der Waals surface area contributed by atoms with Crippen molar-refractivity contribution in [3.63, 3.8) is 0 Å². The quantitative estimate of drug-likeness (QED) is 0.626. The minimum Gasteiger partial charge on any atom is -0.482 e. The van der Waals surface area contributed by atoms with Crippen LogP contribution in [-0.2, 0) is 9.59 Å². The van der Waals surface area contributed by atoms with Gasteiger partial charge in [0.2, 0.25) is 17.6 Å². The van der Waals surface area contributed by atoms with Gasteiger partial charge >= 0.3 is 0 Å². The van der Waals surface area contributed by atoms with Crippen LogP contribution in [0.15, 0.2) is 40.9 Å². The van der Waals surface area contributed by atoms with Crippen molar-refractivity contribution >= 4 is 23.2 Å². The number of carbonyl (C=O) groups is 2. The van der Waals surface area contributed by atoms with Crippen LogP contribution in [0.5, 0.6) is 5.75 Å². The van der Waals surface area contributed by atoms with Crippen LogP contribution >= 0.6 is 0 Å². The highest BCUT2D eigenvalue weighted by Gasteiger charge is 2.35. The third-order valence-electron chi connectivity index (χ3n) is 6.19. The van der Waals surface area contributed by atoms with E-state index in [1.54, 1.807) is 9.80 Å². The maximum atomic E-state index is 12.7. The molecule has 0 saturated carbocycles. The summed E-state index contributed by atoms with van der Waals surface area (Å²) in [5.41, 5.74) is 4.65. The van der Waals surface area contributed by atoms with E-state index < -0.39 is 0 Å². The minimum absolute atomic E-state index is 0.0409. The van der Waals surface area contributed by atoms with Crippen LogP contribution in [0.2, 0.25) is 0 Å². The van der Waals surface area contributed by atoms with E-state index in [1.807, 2.05) is 50.2 Å². The summed E-state index contributed by atoms with van der Waals surface area (Å²) in [7, 11) is 0. The molecule has 0 bridgehead atoms. The van der Waals surface area contributed by atoms with Crippen molar-refractivity contribution in [2.75, 3.05) is 29.5 Å². The fourth-order valence-electron chi connectivity index (χ4n) is 4.22. The second-order valence-electron chi connectivity index (χ2n) is 8.24. The van der Waals surface area contributed by atoms with Crippen LogP contribution in [0.3, 0.4) is 0 Å². The number of carbonyl (C=O) groups excluding carboxylic acids is 2. The molecule has 3 aromatic rings. The number of fused-ring (bicyclic) bond motifs is 1. The summed E-state index contributed by atoms with van der Waals surface area (Å²) in [6.07, 6.45) is 0.324. The molecule has 0 radical (unpaired) electrons. The van der Waals surface area contributed by atoms with E-state index in [9.17, 15) is 9.59 Å². The molecule has 1 fully saturated rings. The SMILES string of the molecule is CCN1C(=O)COc2ccc(-c3noc([C@@H]4CC(=O)N(c5ccc(C)c(C)c5)C4)n3)cc21. The molecule has 2 aliphatic heterocycles. The molecule has 0 unspecified atom stereocenters. The number of anilines is 2. The summed E-state index contributed by atoms with van der Waals surface area (Å²) in [5, 5.41) is 4.14. The predicted octanol–water partition coefficient (Wildman–Crippen LogP) is 3.62. The molecule has 0 aliphatic carbocycles. The molecule has 1 aromatic heterocycles. The first-order chi connectivity index (χ1) is 15.4. The summed E-state index contributed by atoms with van der Waals surface area (Å²) in [4.78, 5) is 32.9. The maximum absolute atomic E-state index is 12.7. The Hall–Kier alpha value is -3.68. The van der Waals surface area contributed by atoms with Crippen LogP contribution in [-0.4, -0.2) is 41.7 Å². The molecule has 0 spiro atoms. The van der Waals surface area contributed by atoms with E-state index in [2.05, 4.69) is 17.1 Å². The van der Waals surface area contributed by atoms with E-state index in [1.165, 1.54) is 5.56 Å². The van der Waals surface area contributed by atoms with Crippen LogP contribution in [0.25, 0.3) is 11.4 Å². The topological polar surface area (TPSA) is 88.8 Å². The molecule has 2 aliphatic rings. The Morgan fingerprint density at radius 1 is 1.06 bits per heavy atom. The Balaban J connectivity index is 1.39. The summed E-state index contributed by atoms with van der Waals surface area (Å²) in [6.45, 7) is 7.10. The van der Waals surface area contributed by atoms with Crippen molar-refractivity contribution in [2.24, 2.45) is 0 Å². The summed E-state index contributed by atoms with van der Waals surface area (Å²) >= 11 is 0. The standard InChI is InChI=1S/C24H24N4O4/c1-4-27-19-10-16(6-8-20(19)31-13-22(27)30)23-25-24(32-26-23)17-11-21(29)28(12-17)18-7-5-14(2)15(3)9-18/h5-10,17H,4,11-13H2,1-3H3/t17-/m1/s1. The molecule has 8 nitrogen and oxygen atoms in total. The van der Waals surface area contributed by atoms with Gasteiger partial charge in [-0.3, -0.25) is 9.59 Å². The Morgan fingerprint density at radius 3 is 2.69 bits per heavy atom. The highest BCUT2D eigenvalue weighted by Crippen LogP contribution is 2.36. The fourth-order valence-corrected chi connectivity index (χ4v) is 4.22. The molecule has 8 heteroatoms. The number of likely N-dealkylation sites (N-methyl/N-ethyl adjacent to an activating group) is 1. The number of hydrogen-bond acceptors (Lipinski definition) is 6. The van der Waals surface area contributed by atoms with Gasteiger partial charge in [-0.25, -0.2) is 0 Å². The first-order valence-electron chi connectivity index (χ1n) is 10.7. The van der Waals surface area contributed by atoms with Gasteiger partial charge in [0.05, 0.1) is 11.6 Å². The fraction of sp³-hybridized carbons (Fsp3) is 0.333. The van der Waals surface area contributed by atoms with Gasteiger partial charge in [0, 0.05) is 30.8 Å². The molecule has 5 rings (SSSR count). The van der Waals surface area contributed by atoms with E-state index in [-0.39, 0.29) is 24.3 Å². The third-order valence-corrected chi connectivity index (χ3v) is 6.19. The summed E-state index contributed by atoms with van der Waals surface area (Å²) in [5.74, 6) is 1.32. The van der Waals surface area contributed by atoms with Gasteiger partial charge in [-0.05, 0) is 62.2 Å². The Kier molecular flexibility index (Phi) is 4.92. The zero-order chi connectivity index (χ0) is 22.4. The zero-order valence-electron chi connectivity index (χ0n) is 18.3. The Morgan fingerprint density at radius 2 is 1.91 bits per heavy atom. The van der Waals surface area contributed by atoms with E-state index >= 15 is 0 Å². The second kappa shape index (κ2) is 7.78. The number of rotatable bonds is 4. The zero-order valence-corrected chi connectivity index (χ0v) is 18.3. The molecule has 32 heavy (non-hydrogen) atoms. The number of hydrogen-bond donors (Lipinski definition) is 0. The van der Waals surface area contributed by atoms with Gasteiger partial charge < -0.3 is 19.1 Å². The molecule has 1 atom stereocenters. The van der Waals surface area contributed by atoms with Crippen molar-refractivity contribution in [3.05, 3.63) is 53.4 Å². The monoisotopic (exact) mass is 432 g/mol. The first-order valence-corrected chi connectivity index (χ1v) is 10.7. The molecule has 2 amide bonds. The largest absolute Gasteiger partial charge is 0.482 e. The number of amides is 2. The van der Waals surface area contributed by atoms with E-state index in [0.717, 1.165) is 16.8 Å². The van der Waals surface area contributed by atoms with Crippen molar-refractivity contribution in [3.8, 4) is 17.1 Å². The lowest BCUT2D eigenvalue weighted by atomic mass is 10.1. The van der Waals surface area contributed by atoms with Crippen molar-refractivity contribution in [1.29, 1.82) is 0 Å². The molecule has 2 aromatic carbocycles. The molecule has 1 saturated heterocycles. The van der Waals surface area contributed by atoms with E-state index in [4.69, 9.17) is 9.26 Å². The third kappa shape index (κ3) is 3.41. The lowest BCUT2D eigenvalue weighted by Gasteiger charge is -2.28. The van der Waals surface area contributed by atoms with Gasteiger partial charge in [-0.1, -0.05) is 11.2 Å². The normalized spacial score (nSPS) is 18.2. The summed E-state index contributed by atoms with van der Waals surface area (Å²) < 4.78 is 11.1. The molecule has 164 valence electrons. The maximum Gasteiger partial charge on any atom is 0.265 e. The van der Waals surface area contributed by atoms with Crippen molar-refractivity contribution in [1.82, 2.24) is 10.1 Å². The molecular formula is C24H24N4O4. The highest BCUT2D eigenvalue weighted by molar-refractivity contribution is 5.98. The number of ether oxygens (including phenoxy) is 1. The van der Waals surface area contributed by atoms with Gasteiger partial charge in [-0.2, -0.15) is 4.98 Å². The van der Waals surface area contributed by atoms with Gasteiger partial charge in [0.1, 0.15) is 5.75 Å². The molecular weight excluding hydrogens is 408 g/mol. The van der Waals surface area contributed by atoms with Gasteiger partial charge in [0.25, 0.3) is 5.91 Å². The van der Waals surface area contributed by atoms with Crippen LogP contribution < -0.4 is 14.5 Å². The van der Waals surface area contributed by atoms with Crippen LogP contribution in [0.4, 0.5) is 11.4 Å². The van der Waals surface area contributed by atoms with Crippen molar-refractivity contribution < 1.29 is 18.8 Å². The molecule has 0 N–H and O–H groups in total. The Bertz CT molecular complexity index is 1220. The lowest BCUT2D eigenvalue weighted by Crippen LogP contribution is -2.38. The Labute approximate surface area is 185 Å². The van der Waals surface area contributed by atoms with E-state index in [0.29, 0.717) is 42.7 Å². The van der Waals surface area contributed by atoms with Gasteiger partial charge in [0.15, 0.2) is 6.61 Å². The highest BCUT2D eigenvalue weighted by atomic mass is 16.5. The van der Waals surface area contributed by atoms with Crippen LogP contribution in [0, 0.1) is 13.8 Å². The average Bonchev–Trinajstić information content (AvgIpc) is 3.42.